The number of nitrogens with one attached hydrogen (secondary N) is 1. The molecule has 0 saturated carbocycles. The summed E-state index contributed by atoms with van der Waals surface area (Å²) in [6.45, 7) is 3.71. The maximum absolute atomic E-state index is 13.5. The highest BCUT2D eigenvalue weighted by Gasteiger charge is 2.26. The molecule has 33 heavy (non-hydrogen) atoms. The molecule has 2 aromatic carbocycles. The average molecular weight is 469 g/mol. The van der Waals surface area contributed by atoms with Gasteiger partial charge in [0.25, 0.3) is 5.91 Å². The third kappa shape index (κ3) is 4.81. The van der Waals surface area contributed by atoms with Crippen LogP contribution in [0.1, 0.15) is 27.4 Å². The largest absolute Gasteiger partial charge is 0.496 e. The van der Waals surface area contributed by atoms with Gasteiger partial charge in [0.2, 0.25) is 5.82 Å². The Balaban J connectivity index is 2.26. The summed E-state index contributed by atoms with van der Waals surface area (Å²) in [5.74, 6) is -0.514. The van der Waals surface area contributed by atoms with Crippen molar-refractivity contribution in [3.05, 3.63) is 63.8 Å². The van der Waals surface area contributed by atoms with E-state index in [1.807, 2.05) is 32.0 Å². The summed E-state index contributed by atoms with van der Waals surface area (Å²) in [7, 11) is 5.11. The number of carbonyl (C=O) groups is 1. The van der Waals surface area contributed by atoms with Crippen molar-refractivity contribution in [3.8, 4) is 17.5 Å². The van der Waals surface area contributed by atoms with Gasteiger partial charge in [-0.1, -0.05) is 17.7 Å². The van der Waals surface area contributed by atoms with Crippen molar-refractivity contribution >= 4 is 35.4 Å². The number of hydrogen-bond donors (Lipinski definition) is 1. The topological polar surface area (TPSA) is 95.5 Å². The number of amides is 1. The number of anilines is 1. The predicted molar refractivity (Wildman–Crippen MR) is 126 cm³/mol. The van der Waals surface area contributed by atoms with Gasteiger partial charge in [-0.15, -0.1) is 0 Å². The van der Waals surface area contributed by atoms with Crippen molar-refractivity contribution < 1.29 is 13.9 Å². The van der Waals surface area contributed by atoms with Crippen LogP contribution in [0, 0.1) is 31.0 Å². The number of aryl methyl sites for hydroxylation is 1. The molecule has 170 valence electrons. The zero-order valence-corrected chi connectivity index (χ0v) is 19.5. The van der Waals surface area contributed by atoms with Crippen molar-refractivity contribution in [2.75, 3.05) is 26.5 Å². The minimum absolute atomic E-state index is 0.0305. The van der Waals surface area contributed by atoms with Crippen LogP contribution in [0.25, 0.3) is 5.69 Å². The standard InChI is InChI=1S/C23H22ClFN6O2/c1-13-6-9-19(33-5)14(2)20(13)31-21(27-12-30(3)4)18(11-26)29-22(31)23(32)28-15-7-8-17(25)16(24)10-15/h6-10,12H,1-5H3,(H,28,32)/b27-12+. The molecule has 0 aliphatic heterocycles. The molecule has 0 aliphatic carbocycles. The van der Waals surface area contributed by atoms with E-state index in [0.717, 1.165) is 17.2 Å². The molecule has 1 aromatic heterocycles. The number of rotatable bonds is 6. The van der Waals surface area contributed by atoms with Gasteiger partial charge < -0.3 is 15.0 Å². The lowest BCUT2D eigenvalue weighted by atomic mass is 10.1. The van der Waals surface area contributed by atoms with Crippen LogP contribution in [0.5, 0.6) is 5.75 Å². The fourth-order valence-corrected chi connectivity index (χ4v) is 3.46. The van der Waals surface area contributed by atoms with E-state index in [2.05, 4.69) is 15.3 Å². The Bertz CT molecular complexity index is 1290. The van der Waals surface area contributed by atoms with Crippen molar-refractivity contribution in [2.45, 2.75) is 13.8 Å². The van der Waals surface area contributed by atoms with Gasteiger partial charge in [0.15, 0.2) is 11.5 Å². The molecule has 3 rings (SSSR count). The van der Waals surface area contributed by atoms with Crippen molar-refractivity contribution in [1.29, 1.82) is 5.26 Å². The fourth-order valence-electron chi connectivity index (χ4n) is 3.28. The maximum atomic E-state index is 13.5. The molecule has 0 aliphatic rings. The highest BCUT2D eigenvalue weighted by atomic mass is 35.5. The number of hydrogen-bond acceptors (Lipinski definition) is 5. The van der Waals surface area contributed by atoms with Crippen molar-refractivity contribution in [1.82, 2.24) is 14.5 Å². The van der Waals surface area contributed by atoms with Gasteiger partial charge in [-0.05, 0) is 43.7 Å². The first-order valence-electron chi connectivity index (χ1n) is 9.82. The minimum Gasteiger partial charge on any atom is -0.496 e. The summed E-state index contributed by atoms with van der Waals surface area (Å²) < 4.78 is 20.5. The molecule has 0 spiro atoms. The molecular weight excluding hydrogens is 447 g/mol. The Morgan fingerprint density at radius 1 is 1.33 bits per heavy atom. The number of ether oxygens (including phenoxy) is 1. The third-order valence-electron chi connectivity index (χ3n) is 4.78. The molecule has 0 bridgehead atoms. The number of aromatic nitrogens is 2. The van der Waals surface area contributed by atoms with Crippen LogP contribution < -0.4 is 10.1 Å². The number of nitriles is 1. The van der Waals surface area contributed by atoms with E-state index < -0.39 is 11.7 Å². The molecule has 10 heteroatoms. The van der Waals surface area contributed by atoms with Crippen LogP contribution >= 0.6 is 11.6 Å². The number of nitrogens with zero attached hydrogens (tertiary/aromatic N) is 5. The first kappa shape index (κ1) is 23.8. The molecule has 0 unspecified atom stereocenters. The zero-order chi connectivity index (χ0) is 24.3. The summed E-state index contributed by atoms with van der Waals surface area (Å²) in [5.41, 5.74) is 2.40. The van der Waals surface area contributed by atoms with Crippen LogP contribution in [0.15, 0.2) is 35.3 Å². The quantitative estimate of drug-likeness (QED) is 0.420. The summed E-state index contributed by atoms with van der Waals surface area (Å²) in [6.07, 6.45) is 1.51. The third-order valence-corrected chi connectivity index (χ3v) is 5.07. The Hall–Kier alpha value is -3.90. The predicted octanol–water partition coefficient (Wildman–Crippen LogP) is 4.64. The van der Waals surface area contributed by atoms with E-state index in [1.165, 1.54) is 23.0 Å². The fraction of sp³-hybridized carbons (Fsp3) is 0.217. The summed E-state index contributed by atoms with van der Waals surface area (Å²) in [4.78, 5) is 23.6. The molecule has 8 nitrogen and oxygen atoms in total. The molecule has 1 heterocycles. The number of aliphatic imine (C=N–C) groups is 1. The van der Waals surface area contributed by atoms with Crippen LogP contribution in [0.4, 0.5) is 15.9 Å². The minimum atomic E-state index is -0.623. The normalized spacial score (nSPS) is 10.8. The lowest BCUT2D eigenvalue weighted by Crippen LogP contribution is -2.19. The number of halogens is 2. The summed E-state index contributed by atoms with van der Waals surface area (Å²) >= 11 is 5.84. The van der Waals surface area contributed by atoms with Gasteiger partial charge in [0.1, 0.15) is 17.6 Å². The van der Waals surface area contributed by atoms with Crippen LogP contribution in [0.2, 0.25) is 5.02 Å². The molecule has 0 fully saturated rings. The number of benzene rings is 2. The lowest BCUT2D eigenvalue weighted by molar-refractivity contribution is 0.101. The highest BCUT2D eigenvalue weighted by molar-refractivity contribution is 6.31. The molecule has 0 atom stereocenters. The second-order valence-corrected chi connectivity index (χ2v) is 7.81. The molecule has 0 radical (unpaired) electrons. The number of carbonyl (C=O) groups excluding carboxylic acids is 1. The Labute approximate surface area is 195 Å². The van der Waals surface area contributed by atoms with Gasteiger partial charge in [0.05, 0.1) is 24.2 Å². The Kier molecular flexibility index (Phi) is 6.99. The smallest absolute Gasteiger partial charge is 0.292 e. The summed E-state index contributed by atoms with van der Waals surface area (Å²) in [5, 5.41) is 12.2. The van der Waals surface area contributed by atoms with E-state index in [9.17, 15) is 14.4 Å². The summed E-state index contributed by atoms with van der Waals surface area (Å²) in [6, 6.07) is 9.49. The SMILES string of the molecule is COc1ccc(C)c(-n2c(C(=O)Nc3ccc(F)c(Cl)c3)nc(C#N)c2/N=C/N(C)C)c1C. The van der Waals surface area contributed by atoms with Gasteiger partial charge in [-0.2, -0.15) is 5.26 Å². The van der Waals surface area contributed by atoms with Crippen LogP contribution in [0.3, 0.4) is 0 Å². The first-order chi connectivity index (χ1) is 15.7. The second-order valence-electron chi connectivity index (χ2n) is 7.40. The monoisotopic (exact) mass is 468 g/mol. The molecule has 1 amide bonds. The van der Waals surface area contributed by atoms with Crippen molar-refractivity contribution in [2.24, 2.45) is 4.99 Å². The molecule has 1 N–H and O–H groups in total. The zero-order valence-electron chi connectivity index (χ0n) is 18.8. The number of imidazole rings is 1. The van der Waals surface area contributed by atoms with E-state index in [1.54, 1.807) is 26.1 Å². The van der Waals surface area contributed by atoms with Gasteiger partial charge in [0, 0.05) is 25.3 Å². The average Bonchev–Trinajstić information content (AvgIpc) is 3.13. The van der Waals surface area contributed by atoms with E-state index in [4.69, 9.17) is 16.3 Å². The number of methoxy groups -OCH3 is 1. The van der Waals surface area contributed by atoms with Gasteiger partial charge in [-0.25, -0.2) is 14.4 Å². The molecule has 3 aromatic rings. The Morgan fingerprint density at radius 3 is 2.67 bits per heavy atom. The first-order valence-corrected chi connectivity index (χ1v) is 10.2. The van der Waals surface area contributed by atoms with Crippen LogP contribution in [-0.2, 0) is 0 Å². The maximum Gasteiger partial charge on any atom is 0.292 e. The lowest BCUT2D eigenvalue weighted by Gasteiger charge is -2.18. The van der Waals surface area contributed by atoms with Gasteiger partial charge in [-0.3, -0.25) is 9.36 Å². The molecule has 0 saturated heterocycles. The van der Waals surface area contributed by atoms with Crippen molar-refractivity contribution in [3.63, 3.8) is 0 Å². The van der Waals surface area contributed by atoms with Crippen LogP contribution in [-0.4, -0.2) is 47.9 Å². The molecular formula is C23H22ClFN6O2. The Morgan fingerprint density at radius 2 is 2.06 bits per heavy atom. The van der Waals surface area contributed by atoms with E-state index in [0.29, 0.717) is 11.4 Å². The second kappa shape index (κ2) is 9.71. The van der Waals surface area contributed by atoms with E-state index >= 15 is 0 Å². The van der Waals surface area contributed by atoms with Gasteiger partial charge >= 0.3 is 0 Å². The highest BCUT2D eigenvalue weighted by Crippen LogP contribution is 2.34. The van der Waals surface area contributed by atoms with E-state index in [-0.39, 0.29) is 28.0 Å².